The maximum atomic E-state index is 13.9. The quantitative estimate of drug-likeness (QED) is 0.641. The van der Waals surface area contributed by atoms with Crippen LogP contribution in [0.25, 0.3) is 5.69 Å². The zero-order valence-electron chi connectivity index (χ0n) is 12.0. The second-order valence-electron chi connectivity index (χ2n) is 4.77. The maximum Gasteiger partial charge on any atom is 0.358 e. The number of hydrogen-bond acceptors (Lipinski definition) is 4. The number of rotatable bonds is 4. The normalized spacial score (nSPS) is 10.7. The fourth-order valence-corrected chi connectivity index (χ4v) is 2.18. The van der Waals surface area contributed by atoms with Gasteiger partial charge in [-0.2, -0.15) is 5.10 Å². The van der Waals surface area contributed by atoms with Gasteiger partial charge in [0.1, 0.15) is 17.2 Å². The second-order valence-corrected chi connectivity index (χ2v) is 4.77. The van der Waals surface area contributed by atoms with Crippen molar-refractivity contribution in [2.24, 2.45) is 0 Å². The topological polar surface area (TPSA) is 61.2 Å². The van der Waals surface area contributed by atoms with E-state index in [-0.39, 0.29) is 23.0 Å². The summed E-state index contributed by atoms with van der Waals surface area (Å²) in [5.41, 5.74) is 0.727. The molecule has 1 aromatic heterocycles. The van der Waals surface area contributed by atoms with Gasteiger partial charge < -0.3 is 4.74 Å². The minimum absolute atomic E-state index is 0.0258. The first-order valence-corrected chi connectivity index (χ1v) is 6.42. The Balaban J connectivity index is 2.76. The van der Waals surface area contributed by atoms with E-state index in [2.05, 4.69) is 9.84 Å². The van der Waals surface area contributed by atoms with Crippen molar-refractivity contribution < 1.29 is 18.7 Å². The number of carbonyl (C=O) groups is 2. The minimum atomic E-state index is -0.656. The average Bonchev–Trinajstić information content (AvgIpc) is 2.86. The Morgan fingerprint density at radius 3 is 2.57 bits per heavy atom. The van der Waals surface area contributed by atoms with Gasteiger partial charge in [0.2, 0.25) is 0 Å². The van der Waals surface area contributed by atoms with E-state index in [0.717, 1.165) is 4.68 Å². The van der Waals surface area contributed by atoms with Crippen LogP contribution in [-0.2, 0) is 4.74 Å². The Kier molecular flexibility index (Phi) is 4.16. The van der Waals surface area contributed by atoms with Crippen LogP contribution in [0.5, 0.6) is 0 Å². The molecule has 0 aliphatic heterocycles. The first-order chi connectivity index (χ1) is 10.0. The van der Waals surface area contributed by atoms with Crippen LogP contribution in [0, 0.1) is 5.82 Å². The number of methoxy groups -OCH3 is 1. The molecule has 0 fully saturated rings. The first kappa shape index (κ1) is 14.9. The molecule has 0 N–H and O–H groups in total. The van der Waals surface area contributed by atoms with Gasteiger partial charge in [-0.1, -0.05) is 26.0 Å². The lowest BCUT2D eigenvalue weighted by molar-refractivity contribution is 0.0591. The van der Waals surface area contributed by atoms with Crippen molar-refractivity contribution in [2.75, 3.05) is 7.11 Å². The lowest BCUT2D eigenvalue weighted by Crippen LogP contribution is -2.07. The Morgan fingerprint density at radius 2 is 2.05 bits per heavy atom. The van der Waals surface area contributed by atoms with Crippen molar-refractivity contribution in [2.45, 2.75) is 19.8 Å². The molecular weight excluding hydrogens is 275 g/mol. The van der Waals surface area contributed by atoms with Crippen molar-refractivity contribution in [3.8, 4) is 5.69 Å². The van der Waals surface area contributed by atoms with E-state index >= 15 is 0 Å². The number of esters is 1. The molecule has 0 aliphatic carbocycles. The van der Waals surface area contributed by atoms with Crippen molar-refractivity contribution in [3.63, 3.8) is 0 Å². The van der Waals surface area contributed by atoms with E-state index in [9.17, 15) is 14.0 Å². The van der Waals surface area contributed by atoms with Gasteiger partial charge in [-0.3, -0.25) is 4.79 Å². The van der Waals surface area contributed by atoms with E-state index in [1.165, 1.54) is 25.3 Å². The molecule has 0 saturated carbocycles. The molecule has 0 bridgehead atoms. The highest BCUT2D eigenvalue weighted by atomic mass is 19.1. The molecule has 1 aromatic carbocycles. The van der Waals surface area contributed by atoms with Crippen LogP contribution >= 0.6 is 0 Å². The number of nitrogens with zero attached hydrogens (tertiary/aromatic N) is 2. The number of hydrogen-bond donors (Lipinski definition) is 0. The Hall–Kier alpha value is -2.50. The molecule has 0 aliphatic rings. The fourth-order valence-electron chi connectivity index (χ4n) is 2.18. The Morgan fingerprint density at radius 1 is 1.38 bits per heavy atom. The predicted molar refractivity (Wildman–Crippen MR) is 74.3 cm³/mol. The van der Waals surface area contributed by atoms with Gasteiger partial charge in [0.15, 0.2) is 12.0 Å². The van der Waals surface area contributed by atoms with E-state index in [0.29, 0.717) is 11.8 Å². The van der Waals surface area contributed by atoms with Crippen molar-refractivity contribution >= 4 is 12.3 Å². The van der Waals surface area contributed by atoms with Gasteiger partial charge in [0, 0.05) is 5.56 Å². The third-order valence-electron chi connectivity index (χ3n) is 3.11. The SMILES string of the molecule is COC(=O)c1nn(-c2ccccc2F)c(C=O)c1C(C)C. The van der Waals surface area contributed by atoms with Crippen molar-refractivity contribution in [1.82, 2.24) is 9.78 Å². The number of aromatic nitrogens is 2. The number of para-hydroxylation sites is 1. The molecule has 0 atom stereocenters. The van der Waals surface area contributed by atoms with Gasteiger partial charge >= 0.3 is 5.97 Å². The molecule has 21 heavy (non-hydrogen) atoms. The smallest absolute Gasteiger partial charge is 0.358 e. The highest BCUT2D eigenvalue weighted by Crippen LogP contribution is 2.26. The lowest BCUT2D eigenvalue weighted by atomic mass is 10.0. The summed E-state index contributed by atoms with van der Waals surface area (Å²) in [7, 11) is 1.23. The molecule has 0 saturated heterocycles. The van der Waals surface area contributed by atoms with E-state index in [1.54, 1.807) is 6.07 Å². The molecule has 0 unspecified atom stereocenters. The standard InChI is InChI=1S/C15H15FN2O3/c1-9(2)13-12(8-19)18(17-14(13)15(20)21-3)11-7-5-4-6-10(11)16/h4-9H,1-3H3. The van der Waals surface area contributed by atoms with E-state index < -0.39 is 11.8 Å². The molecule has 6 heteroatoms. The third-order valence-corrected chi connectivity index (χ3v) is 3.11. The Labute approximate surface area is 121 Å². The van der Waals surface area contributed by atoms with Gasteiger partial charge in [0.25, 0.3) is 0 Å². The predicted octanol–water partition coefficient (Wildman–Crippen LogP) is 2.73. The number of aldehydes is 1. The summed E-state index contributed by atoms with van der Waals surface area (Å²) in [6.07, 6.45) is 0.571. The van der Waals surface area contributed by atoms with Crippen LogP contribution in [0.4, 0.5) is 4.39 Å². The van der Waals surface area contributed by atoms with E-state index in [1.807, 2.05) is 13.8 Å². The van der Waals surface area contributed by atoms with Crippen LogP contribution in [0.2, 0.25) is 0 Å². The first-order valence-electron chi connectivity index (χ1n) is 6.42. The summed E-state index contributed by atoms with van der Waals surface area (Å²) < 4.78 is 19.7. The van der Waals surface area contributed by atoms with Crippen LogP contribution in [-0.4, -0.2) is 29.1 Å². The monoisotopic (exact) mass is 290 g/mol. The van der Waals surface area contributed by atoms with Crippen LogP contribution in [0.15, 0.2) is 24.3 Å². The zero-order chi connectivity index (χ0) is 15.6. The Bertz CT molecular complexity index is 692. The minimum Gasteiger partial charge on any atom is -0.464 e. The molecule has 0 spiro atoms. The molecule has 1 heterocycles. The van der Waals surface area contributed by atoms with Gasteiger partial charge in [0.05, 0.1) is 7.11 Å². The molecule has 5 nitrogen and oxygen atoms in total. The number of halogens is 1. The highest BCUT2D eigenvalue weighted by molar-refractivity contribution is 5.92. The third kappa shape index (κ3) is 2.56. The summed E-state index contributed by atoms with van der Waals surface area (Å²) in [6.45, 7) is 3.64. The number of carbonyl (C=O) groups excluding carboxylic acids is 2. The summed E-state index contributed by atoms with van der Waals surface area (Å²) >= 11 is 0. The maximum absolute atomic E-state index is 13.9. The van der Waals surface area contributed by atoms with Gasteiger partial charge in [-0.25, -0.2) is 13.9 Å². The molecule has 0 amide bonds. The lowest BCUT2D eigenvalue weighted by Gasteiger charge is -2.07. The zero-order valence-corrected chi connectivity index (χ0v) is 12.0. The summed E-state index contributed by atoms with van der Waals surface area (Å²) in [5, 5.41) is 4.07. The molecule has 2 rings (SSSR count). The van der Waals surface area contributed by atoms with Gasteiger partial charge in [-0.05, 0) is 18.1 Å². The number of ether oxygens (including phenoxy) is 1. The van der Waals surface area contributed by atoms with Crippen molar-refractivity contribution in [1.29, 1.82) is 0 Å². The second kappa shape index (κ2) is 5.87. The largest absolute Gasteiger partial charge is 0.464 e. The van der Waals surface area contributed by atoms with Crippen molar-refractivity contribution in [3.05, 3.63) is 47.0 Å². The summed E-state index contributed by atoms with van der Waals surface area (Å²) in [6, 6.07) is 5.91. The van der Waals surface area contributed by atoms with Crippen LogP contribution in [0.3, 0.4) is 0 Å². The van der Waals surface area contributed by atoms with Crippen LogP contribution < -0.4 is 0 Å². The highest BCUT2D eigenvalue weighted by Gasteiger charge is 2.26. The van der Waals surface area contributed by atoms with E-state index in [4.69, 9.17) is 0 Å². The molecule has 2 aromatic rings. The molecular formula is C15H15FN2O3. The molecule has 110 valence electrons. The summed E-state index contributed by atoms with van der Waals surface area (Å²) in [5.74, 6) is -1.33. The van der Waals surface area contributed by atoms with Crippen LogP contribution in [0.1, 0.15) is 46.3 Å². The fraction of sp³-hybridized carbons (Fsp3) is 0.267. The summed E-state index contributed by atoms with van der Waals surface area (Å²) in [4.78, 5) is 23.3. The van der Waals surface area contributed by atoms with Gasteiger partial charge in [-0.15, -0.1) is 0 Å². The number of benzene rings is 1. The molecule has 0 radical (unpaired) electrons. The average molecular weight is 290 g/mol.